The van der Waals surface area contributed by atoms with Crippen molar-refractivity contribution in [2.24, 2.45) is 5.10 Å². The fraction of sp³-hybridized carbons (Fsp3) is 0.355. The van der Waals surface area contributed by atoms with Crippen molar-refractivity contribution in [3.05, 3.63) is 92.5 Å². The second-order valence-corrected chi connectivity index (χ2v) is 12.3. The Kier molecular flexibility index (Phi) is 9.50. The van der Waals surface area contributed by atoms with Gasteiger partial charge in [0.1, 0.15) is 18.1 Å². The summed E-state index contributed by atoms with van der Waals surface area (Å²) >= 11 is 12.3. The highest BCUT2D eigenvalue weighted by Crippen LogP contribution is 2.40. The van der Waals surface area contributed by atoms with E-state index in [9.17, 15) is 9.90 Å². The molecule has 38 heavy (non-hydrogen) atoms. The third kappa shape index (κ3) is 8.24. The molecule has 0 aliphatic rings. The van der Waals surface area contributed by atoms with Gasteiger partial charge in [0.05, 0.1) is 11.2 Å². The molecular formula is C31H36Cl2N2O3. The summed E-state index contributed by atoms with van der Waals surface area (Å²) < 4.78 is 5.80. The molecule has 7 heteroatoms. The zero-order valence-electron chi connectivity index (χ0n) is 22.9. The van der Waals surface area contributed by atoms with Crippen LogP contribution in [0.1, 0.15) is 75.8 Å². The van der Waals surface area contributed by atoms with E-state index in [1.165, 1.54) is 0 Å². The predicted molar refractivity (Wildman–Crippen MR) is 157 cm³/mol. The minimum Gasteiger partial charge on any atom is -0.507 e. The van der Waals surface area contributed by atoms with Gasteiger partial charge in [-0.1, -0.05) is 89.0 Å². The number of hydrazone groups is 1. The van der Waals surface area contributed by atoms with Crippen molar-refractivity contribution in [3.63, 3.8) is 0 Å². The maximum absolute atomic E-state index is 12.5. The molecule has 0 fully saturated rings. The highest BCUT2D eigenvalue weighted by Gasteiger charge is 2.26. The number of halogens is 2. The largest absolute Gasteiger partial charge is 0.507 e. The highest BCUT2D eigenvalue weighted by atomic mass is 35.5. The highest BCUT2D eigenvalue weighted by molar-refractivity contribution is 6.32. The van der Waals surface area contributed by atoms with Crippen molar-refractivity contribution in [1.29, 1.82) is 0 Å². The molecule has 3 aromatic carbocycles. The van der Waals surface area contributed by atoms with Crippen LogP contribution in [0.15, 0.2) is 59.7 Å². The second-order valence-electron chi connectivity index (χ2n) is 11.4. The molecule has 0 aliphatic carbocycles. The van der Waals surface area contributed by atoms with Crippen LogP contribution in [0.2, 0.25) is 10.0 Å². The van der Waals surface area contributed by atoms with E-state index >= 15 is 0 Å². The minimum absolute atomic E-state index is 0.196. The number of carbonyl (C=O) groups excluding carboxylic acids is 1. The van der Waals surface area contributed by atoms with E-state index in [0.29, 0.717) is 34.6 Å². The lowest BCUT2D eigenvalue weighted by atomic mass is 9.78. The van der Waals surface area contributed by atoms with E-state index in [4.69, 9.17) is 27.9 Å². The molecule has 5 nitrogen and oxygen atoms in total. The molecule has 0 saturated carbocycles. The number of hydrogen-bond acceptors (Lipinski definition) is 4. The maximum atomic E-state index is 12.5. The molecule has 0 spiro atoms. The molecule has 0 bridgehead atoms. The standard InChI is InChI=1S/C31H36Cl2N2O3/c1-30(2,3)24-15-21(16-25(29(24)37)31(4,5)6)10-14-28(36)35-34-18-22-9-13-27(26(33)17-22)38-19-20-7-11-23(32)12-8-20/h7-9,11-13,15-18,37H,10,14,19H2,1-6H3,(H,35,36)/b34-18-. The number of hydrogen-bond donors (Lipinski definition) is 2. The molecular weight excluding hydrogens is 519 g/mol. The maximum Gasteiger partial charge on any atom is 0.240 e. The van der Waals surface area contributed by atoms with Gasteiger partial charge < -0.3 is 9.84 Å². The zero-order chi connectivity index (χ0) is 28.1. The topological polar surface area (TPSA) is 70.9 Å². The van der Waals surface area contributed by atoms with Crippen LogP contribution in [0, 0.1) is 0 Å². The molecule has 1 amide bonds. The molecule has 3 aromatic rings. The third-order valence-corrected chi connectivity index (χ3v) is 6.64. The van der Waals surface area contributed by atoms with E-state index in [1.54, 1.807) is 18.3 Å². The second kappa shape index (κ2) is 12.2. The van der Waals surface area contributed by atoms with Crippen LogP contribution < -0.4 is 10.2 Å². The number of aromatic hydroxyl groups is 1. The Morgan fingerprint density at radius 3 is 2.08 bits per heavy atom. The number of ether oxygens (including phenoxy) is 1. The van der Waals surface area contributed by atoms with Gasteiger partial charge in [0.25, 0.3) is 0 Å². The Hall–Kier alpha value is -3.02. The number of amides is 1. The van der Waals surface area contributed by atoms with Gasteiger partial charge in [-0.2, -0.15) is 5.10 Å². The van der Waals surface area contributed by atoms with Crippen molar-refractivity contribution in [1.82, 2.24) is 5.43 Å². The molecule has 0 heterocycles. The molecule has 2 N–H and O–H groups in total. The number of nitrogens with one attached hydrogen (secondary N) is 1. The summed E-state index contributed by atoms with van der Waals surface area (Å²) in [5.74, 6) is 0.696. The Morgan fingerprint density at radius 2 is 1.53 bits per heavy atom. The van der Waals surface area contributed by atoms with Crippen LogP contribution in [-0.2, 0) is 28.7 Å². The van der Waals surface area contributed by atoms with E-state index in [1.807, 2.05) is 42.5 Å². The van der Waals surface area contributed by atoms with Gasteiger partial charge in [-0.05, 0) is 75.4 Å². The molecule has 202 valence electrons. The first kappa shape index (κ1) is 29.5. The Bertz CT molecular complexity index is 1270. The first-order chi connectivity index (χ1) is 17.7. The van der Waals surface area contributed by atoms with Crippen LogP contribution in [0.5, 0.6) is 11.5 Å². The zero-order valence-corrected chi connectivity index (χ0v) is 24.4. The summed E-state index contributed by atoms with van der Waals surface area (Å²) in [4.78, 5) is 12.5. The summed E-state index contributed by atoms with van der Waals surface area (Å²) in [7, 11) is 0. The fourth-order valence-electron chi connectivity index (χ4n) is 3.93. The normalized spacial score (nSPS) is 12.1. The van der Waals surface area contributed by atoms with Gasteiger partial charge in [0.15, 0.2) is 0 Å². The number of nitrogens with zero attached hydrogens (tertiary/aromatic N) is 1. The van der Waals surface area contributed by atoms with Crippen molar-refractivity contribution in [2.45, 2.75) is 71.8 Å². The van der Waals surface area contributed by atoms with E-state index in [-0.39, 0.29) is 23.2 Å². The van der Waals surface area contributed by atoms with Crippen LogP contribution in [0.3, 0.4) is 0 Å². The van der Waals surface area contributed by atoms with Crippen LogP contribution >= 0.6 is 23.2 Å². The molecule has 3 rings (SSSR count). The quantitative estimate of drug-likeness (QED) is 0.219. The monoisotopic (exact) mass is 554 g/mol. The summed E-state index contributed by atoms with van der Waals surface area (Å²) in [5.41, 5.74) is 6.65. The van der Waals surface area contributed by atoms with Crippen molar-refractivity contribution >= 4 is 35.3 Å². The average molecular weight is 556 g/mol. The van der Waals surface area contributed by atoms with E-state index in [2.05, 4.69) is 52.1 Å². The SMILES string of the molecule is CC(C)(C)c1cc(CCC(=O)N/N=C\c2ccc(OCc3ccc(Cl)cc3)c(Cl)c2)cc(C(C)(C)C)c1O. The molecule has 0 aromatic heterocycles. The lowest BCUT2D eigenvalue weighted by molar-refractivity contribution is -0.121. The number of aryl methyl sites for hydroxylation is 1. The van der Waals surface area contributed by atoms with Crippen LogP contribution in [0.4, 0.5) is 0 Å². The average Bonchev–Trinajstić information content (AvgIpc) is 2.82. The molecule has 0 aliphatic heterocycles. The van der Waals surface area contributed by atoms with Gasteiger partial charge in [-0.25, -0.2) is 5.43 Å². The summed E-state index contributed by atoms with van der Waals surface area (Å²) in [5, 5.41) is 16.1. The van der Waals surface area contributed by atoms with Gasteiger partial charge >= 0.3 is 0 Å². The van der Waals surface area contributed by atoms with Gasteiger partial charge in [0.2, 0.25) is 5.91 Å². The molecule has 0 radical (unpaired) electrons. The molecule has 0 unspecified atom stereocenters. The number of carbonyl (C=O) groups is 1. The van der Waals surface area contributed by atoms with Gasteiger partial charge in [0, 0.05) is 11.4 Å². The smallest absolute Gasteiger partial charge is 0.240 e. The molecule has 0 saturated heterocycles. The summed E-state index contributed by atoms with van der Waals surface area (Å²) in [6.07, 6.45) is 2.36. The van der Waals surface area contributed by atoms with Crippen LogP contribution in [0.25, 0.3) is 0 Å². The van der Waals surface area contributed by atoms with Crippen molar-refractivity contribution in [2.75, 3.05) is 0 Å². The molecule has 0 atom stereocenters. The lowest BCUT2D eigenvalue weighted by Crippen LogP contribution is -2.20. The van der Waals surface area contributed by atoms with Crippen molar-refractivity contribution in [3.8, 4) is 11.5 Å². The summed E-state index contributed by atoms with van der Waals surface area (Å²) in [6, 6.07) is 16.7. The number of benzene rings is 3. The van der Waals surface area contributed by atoms with Crippen LogP contribution in [-0.4, -0.2) is 17.2 Å². The lowest BCUT2D eigenvalue weighted by Gasteiger charge is -2.28. The van der Waals surface area contributed by atoms with E-state index < -0.39 is 0 Å². The Labute approximate surface area is 235 Å². The van der Waals surface area contributed by atoms with E-state index in [0.717, 1.165) is 27.8 Å². The Balaban J connectivity index is 1.58. The number of phenolic OH excluding ortho intramolecular Hbond substituents is 1. The predicted octanol–water partition coefficient (Wildman–Crippen LogP) is 7.96. The number of rotatable bonds is 8. The van der Waals surface area contributed by atoms with Crippen molar-refractivity contribution < 1.29 is 14.6 Å². The first-order valence-corrected chi connectivity index (χ1v) is 13.3. The van der Waals surface area contributed by atoms with Gasteiger partial charge in [-0.15, -0.1) is 0 Å². The Morgan fingerprint density at radius 1 is 0.921 bits per heavy atom. The first-order valence-electron chi connectivity index (χ1n) is 12.6. The minimum atomic E-state index is -0.218. The number of phenols is 1. The fourth-order valence-corrected chi connectivity index (χ4v) is 4.30. The van der Waals surface area contributed by atoms with Gasteiger partial charge in [-0.3, -0.25) is 4.79 Å². The summed E-state index contributed by atoms with van der Waals surface area (Å²) in [6.45, 7) is 12.8. The third-order valence-electron chi connectivity index (χ3n) is 6.09.